The van der Waals surface area contributed by atoms with Crippen molar-refractivity contribution in [2.45, 2.75) is 32.9 Å². The Kier molecular flexibility index (Phi) is 8.15. The molecule has 4 rings (SSSR count). The third-order valence-electron chi connectivity index (χ3n) is 6.21. The average Bonchev–Trinajstić information content (AvgIpc) is 3.13. The summed E-state index contributed by atoms with van der Waals surface area (Å²) >= 11 is 0. The van der Waals surface area contributed by atoms with Crippen LogP contribution in [0.3, 0.4) is 0 Å². The molecule has 0 bridgehead atoms. The fraction of sp³-hybridized carbons (Fsp3) is 0.276. The van der Waals surface area contributed by atoms with E-state index in [4.69, 9.17) is 14.2 Å². The van der Waals surface area contributed by atoms with Gasteiger partial charge in [0.05, 0.1) is 32.9 Å². The quantitative estimate of drug-likeness (QED) is 0.389. The van der Waals surface area contributed by atoms with E-state index in [0.29, 0.717) is 35.2 Å². The summed E-state index contributed by atoms with van der Waals surface area (Å²) in [4.78, 5) is 42.8. The molecule has 0 radical (unpaired) electrons. The molecule has 1 aliphatic rings. The van der Waals surface area contributed by atoms with E-state index in [0.717, 1.165) is 16.0 Å². The van der Waals surface area contributed by atoms with Crippen LogP contribution in [0.1, 0.15) is 24.5 Å². The summed E-state index contributed by atoms with van der Waals surface area (Å²) in [6.07, 6.45) is -0.201. The van der Waals surface area contributed by atoms with Crippen LogP contribution in [0, 0.1) is 6.92 Å². The van der Waals surface area contributed by atoms with Crippen molar-refractivity contribution in [2.75, 3.05) is 31.0 Å². The summed E-state index contributed by atoms with van der Waals surface area (Å²) in [6.45, 7) is 4.42. The molecule has 4 amide bonds. The molecular formula is C29H31N3O6. The minimum atomic E-state index is -0.987. The van der Waals surface area contributed by atoms with Gasteiger partial charge in [0.15, 0.2) is 11.5 Å². The van der Waals surface area contributed by atoms with Crippen LogP contribution in [-0.4, -0.2) is 49.6 Å². The summed E-state index contributed by atoms with van der Waals surface area (Å²) in [5.41, 5.74) is 2.67. The number of methoxy groups -OCH3 is 2. The predicted molar refractivity (Wildman–Crippen MR) is 144 cm³/mol. The Bertz CT molecular complexity index is 1320. The van der Waals surface area contributed by atoms with Gasteiger partial charge in [0.1, 0.15) is 11.8 Å². The van der Waals surface area contributed by atoms with E-state index in [9.17, 15) is 14.4 Å². The first kappa shape index (κ1) is 26.5. The Hall–Kier alpha value is -4.53. The Morgan fingerprint density at radius 1 is 0.947 bits per heavy atom. The molecule has 38 heavy (non-hydrogen) atoms. The summed E-state index contributed by atoms with van der Waals surface area (Å²) in [5.74, 6) is 0.902. The number of hydrogen-bond donors (Lipinski definition) is 1. The van der Waals surface area contributed by atoms with Crippen LogP contribution in [0.2, 0.25) is 0 Å². The highest BCUT2D eigenvalue weighted by Gasteiger charge is 2.46. The molecule has 1 saturated heterocycles. The molecule has 0 spiro atoms. The van der Waals surface area contributed by atoms with Crippen molar-refractivity contribution in [3.8, 4) is 17.2 Å². The maximum Gasteiger partial charge on any atom is 0.332 e. The SMILES string of the molecule is CCOc1ccc(NC(=O)C[C@H]2C(=O)N(c3cccc(C)c3)C(=O)N2Cc2ccc(OC)c(OC)c2)cc1. The number of imide groups is 1. The number of benzene rings is 3. The molecule has 9 nitrogen and oxygen atoms in total. The van der Waals surface area contributed by atoms with Crippen molar-refractivity contribution in [1.29, 1.82) is 0 Å². The Labute approximate surface area is 221 Å². The number of ether oxygens (including phenoxy) is 3. The van der Waals surface area contributed by atoms with Crippen LogP contribution >= 0.6 is 0 Å². The molecule has 0 saturated carbocycles. The lowest BCUT2D eigenvalue weighted by molar-refractivity contribution is -0.124. The number of rotatable bonds is 10. The van der Waals surface area contributed by atoms with E-state index in [1.807, 2.05) is 19.9 Å². The van der Waals surface area contributed by atoms with Gasteiger partial charge in [0.25, 0.3) is 5.91 Å². The van der Waals surface area contributed by atoms with Crippen molar-refractivity contribution in [3.05, 3.63) is 77.9 Å². The van der Waals surface area contributed by atoms with Gasteiger partial charge in [-0.2, -0.15) is 0 Å². The predicted octanol–water partition coefficient (Wildman–Crippen LogP) is 4.78. The summed E-state index contributed by atoms with van der Waals surface area (Å²) < 4.78 is 16.1. The number of amides is 4. The molecule has 0 aromatic heterocycles. The minimum absolute atomic E-state index is 0.105. The van der Waals surface area contributed by atoms with E-state index in [1.165, 1.54) is 12.0 Å². The molecule has 9 heteroatoms. The van der Waals surface area contributed by atoms with Crippen molar-refractivity contribution >= 4 is 29.2 Å². The van der Waals surface area contributed by atoms with Crippen LogP contribution < -0.4 is 24.4 Å². The summed E-state index contributed by atoms with van der Waals surface area (Å²) in [5, 5.41) is 2.82. The second-order valence-corrected chi connectivity index (χ2v) is 8.84. The largest absolute Gasteiger partial charge is 0.494 e. The minimum Gasteiger partial charge on any atom is -0.494 e. The van der Waals surface area contributed by atoms with Crippen molar-refractivity contribution < 1.29 is 28.6 Å². The first-order valence-electron chi connectivity index (χ1n) is 12.3. The van der Waals surface area contributed by atoms with Crippen molar-refractivity contribution in [3.63, 3.8) is 0 Å². The molecule has 3 aromatic carbocycles. The van der Waals surface area contributed by atoms with Gasteiger partial charge in [-0.1, -0.05) is 18.2 Å². The van der Waals surface area contributed by atoms with Gasteiger partial charge in [-0.25, -0.2) is 9.69 Å². The maximum absolute atomic E-state index is 13.6. The van der Waals surface area contributed by atoms with Crippen LogP contribution in [0.25, 0.3) is 0 Å². The van der Waals surface area contributed by atoms with E-state index >= 15 is 0 Å². The lowest BCUT2D eigenvalue weighted by atomic mass is 10.1. The van der Waals surface area contributed by atoms with Gasteiger partial charge in [-0.05, 0) is 73.5 Å². The molecule has 1 fully saturated rings. The van der Waals surface area contributed by atoms with E-state index in [-0.39, 0.29) is 18.9 Å². The molecule has 1 heterocycles. The third-order valence-corrected chi connectivity index (χ3v) is 6.21. The van der Waals surface area contributed by atoms with E-state index < -0.39 is 18.0 Å². The molecular weight excluding hydrogens is 486 g/mol. The Morgan fingerprint density at radius 3 is 2.34 bits per heavy atom. The van der Waals surface area contributed by atoms with Crippen molar-refractivity contribution in [2.24, 2.45) is 0 Å². The normalized spacial score (nSPS) is 15.0. The van der Waals surface area contributed by atoms with Crippen LogP contribution in [0.4, 0.5) is 16.2 Å². The standard InChI is InChI=1S/C29H31N3O6/c1-5-38-23-12-10-21(11-13-23)30-27(33)17-24-28(34)32(22-8-6-7-19(2)15-22)29(35)31(24)18-20-9-14-25(36-3)26(16-20)37-4/h6-16,24H,5,17-18H2,1-4H3,(H,30,33)/t24-/m0/s1. The zero-order valence-corrected chi connectivity index (χ0v) is 21.9. The first-order chi connectivity index (χ1) is 18.3. The van der Waals surface area contributed by atoms with E-state index in [1.54, 1.807) is 67.8 Å². The number of hydrogen-bond acceptors (Lipinski definition) is 6. The topological polar surface area (TPSA) is 97.4 Å². The lowest BCUT2D eigenvalue weighted by Gasteiger charge is -2.22. The molecule has 0 unspecified atom stereocenters. The second-order valence-electron chi connectivity index (χ2n) is 8.84. The van der Waals surface area contributed by atoms with Crippen LogP contribution in [0.15, 0.2) is 66.7 Å². The second kappa shape index (κ2) is 11.7. The third kappa shape index (κ3) is 5.72. The lowest BCUT2D eigenvalue weighted by Crippen LogP contribution is -2.37. The van der Waals surface area contributed by atoms with Gasteiger partial charge in [0.2, 0.25) is 5.91 Å². The Morgan fingerprint density at radius 2 is 1.68 bits per heavy atom. The van der Waals surface area contributed by atoms with E-state index in [2.05, 4.69) is 5.32 Å². The number of aryl methyl sites for hydroxylation is 1. The van der Waals surface area contributed by atoms with Crippen LogP contribution in [-0.2, 0) is 16.1 Å². The molecule has 198 valence electrons. The van der Waals surface area contributed by atoms with Crippen LogP contribution in [0.5, 0.6) is 17.2 Å². The van der Waals surface area contributed by atoms with Gasteiger partial charge in [0, 0.05) is 12.2 Å². The summed E-state index contributed by atoms with van der Waals surface area (Å²) in [7, 11) is 3.07. The number of carbonyl (C=O) groups excluding carboxylic acids is 3. The van der Waals surface area contributed by atoms with Gasteiger partial charge >= 0.3 is 6.03 Å². The number of nitrogens with zero attached hydrogens (tertiary/aromatic N) is 2. The number of carbonyl (C=O) groups is 3. The fourth-order valence-electron chi connectivity index (χ4n) is 4.38. The summed E-state index contributed by atoms with van der Waals surface area (Å²) in [6, 6.07) is 17.9. The van der Waals surface area contributed by atoms with Gasteiger partial charge in [-0.3, -0.25) is 9.59 Å². The highest BCUT2D eigenvalue weighted by molar-refractivity contribution is 6.22. The molecule has 3 aromatic rings. The van der Waals surface area contributed by atoms with Crippen molar-refractivity contribution in [1.82, 2.24) is 4.90 Å². The maximum atomic E-state index is 13.6. The fourth-order valence-corrected chi connectivity index (χ4v) is 4.38. The molecule has 1 N–H and O–H groups in total. The number of urea groups is 1. The van der Waals surface area contributed by atoms with Gasteiger partial charge < -0.3 is 24.4 Å². The molecule has 0 aliphatic carbocycles. The number of nitrogens with one attached hydrogen (secondary N) is 1. The molecule has 1 aliphatic heterocycles. The molecule has 1 atom stereocenters. The highest BCUT2D eigenvalue weighted by atomic mass is 16.5. The zero-order valence-electron chi connectivity index (χ0n) is 21.9. The highest BCUT2D eigenvalue weighted by Crippen LogP contribution is 2.32. The monoisotopic (exact) mass is 517 g/mol. The first-order valence-corrected chi connectivity index (χ1v) is 12.3. The smallest absolute Gasteiger partial charge is 0.332 e. The number of anilines is 2. The van der Waals surface area contributed by atoms with Gasteiger partial charge in [-0.15, -0.1) is 0 Å². The Balaban J connectivity index is 1.60. The average molecular weight is 518 g/mol. The zero-order chi connectivity index (χ0) is 27.2.